The Balaban J connectivity index is 3.22. The van der Waals surface area contributed by atoms with Crippen LogP contribution >= 0.6 is 0 Å². The van der Waals surface area contributed by atoms with Crippen LogP contribution in [0, 0.1) is 17.8 Å². The molecule has 0 radical (unpaired) electrons. The van der Waals surface area contributed by atoms with Gasteiger partial charge in [0.25, 0.3) is 0 Å². The molecule has 0 heteroatoms. The van der Waals surface area contributed by atoms with Gasteiger partial charge in [-0.1, -0.05) is 97.8 Å². The topological polar surface area (TPSA) is 0 Å². The SMILES string of the molecule is CCCCCCCC#CCCCCCC(C)CCCCCC. The van der Waals surface area contributed by atoms with Crippen LogP contribution in [0.5, 0.6) is 0 Å². The first-order valence-corrected chi connectivity index (χ1v) is 10.3. The number of rotatable bonds is 15. The van der Waals surface area contributed by atoms with Crippen molar-refractivity contribution < 1.29 is 0 Å². The maximum atomic E-state index is 3.36. The molecule has 22 heavy (non-hydrogen) atoms. The van der Waals surface area contributed by atoms with Crippen molar-refractivity contribution in [1.29, 1.82) is 0 Å². The van der Waals surface area contributed by atoms with Crippen molar-refractivity contribution >= 4 is 0 Å². The zero-order valence-electron chi connectivity index (χ0n) is 15.9. The van der Waals surface area contributed by atoms with Gasteiger partial charge in [-0.3, -0.25) is 0 Å². The van der Waals surface area contributed by atoms with E-state index in [1.54, 1.807) is 0 Å². The van der Waals surface area contributed by atoms with Gasteiger partial charge in [0.15, 0.2) is 0 Å². The Labute approximate surface area is 141 Å². The van der Waals surface area contributed by atoms with Crippen molar-refractivity contribution in [2.75, 3.05) is 0 Å². The van der Waals surface area contributed by atoms with E-state index in [4.69, 9.17) is 0 Å². The predicted octanol–water partition coefficient (Wildman–Crippen LogP) is 7.91. The van der Waals surface area contributed by atoms with Crippen LogP contribution in [-0.4, -0.2) is 0 Å². The molecule has 0 N–H and O–H groups in total. The highest BCUT2D eigenvalue weighted by Gasteiger charge is 2.01. The van der Waals surface area contributed by atoms with Gasteiger partial charge in [-0.05, 0) is 18.8 Å². The van der Waals surface area contributed by atoms with Crippen LogP contribution in [0.25, 0.3) is 0 Å². The molecular formula is C22H42. The smallest absolute Gasteiger partial charge is 0.00886 e. The second-order valence-electron chi connectivity index (χ2n) is 7.07. The largest absolute Gasteiger partial charge is 0.103 e. The summed E-state index contributed by atoms with van der Waals surface area (Å²) in [5.41, 5.74) is 0. The monoisotopic (exact) mass is 306 g/mol. The van der Waals surface area contributed by atoms with Crippen LogP contribution in [0.1, 0.15) is 124 Å². The molecule has 1 unspecified atom stereocenters. The van der Waals surface area contributed by atoms with E-state index in [0.29, 0.717) is 0 Å². The maximum Gasteiger partial charge on any atom is 0.00886 e. The van der Waals surface area contributed by atoms with E-state index in [0.717, 1.165) is 18.8 Å². The Morgan fingerprint density at radius 3 is 1.45 bits per heavy atom. The number of unbranched alkanes of at least 4 members (excludes halogenated alkanes) is 11. The van der Waals surface area contributed by atoms with E-state index in [9.17, 15) is 0 Å². The molecular weight excluding hydrogens is 264 g/mol. The molecule has 0 aromatic heterocycles. The summed E-state index contributed by atoms with van der Waals surface area (Å²) in [7, 11) is 0. The van der Waals surface area contributed by atoms with Gasteiger partial charge < -0.3 is 0 Å². The molecule has 130 valence electrons. The molecule has 0 amide bonds. The summed E-state index contributed by atoms with van der Waals surface area (Å²) in [5, 5.41) is 0. The lowest BCUT2D eigenvalue weighted by molar-refractivity contribution is 0.438. The molecule has 0 rings (SSSR count). The number of hydrogen-bond donors (Lipinski definition) is 0. The van der Waals surface area contributed by atoms with Gasteiger partial charge in [-0.15, -0.1) is 11.8 Å². The van der Waals surface area contributed by atoms with Gasteiger partial charge in [0.2, 0.25) is 0 Å². The summed E-state index contributed by atoms with van der Waals surface area (Å²) in [6.45, 7) is 7.00. The zero-order chi connectivity index (χ0) is 16.3. The lowest BCUT2D eigenvalue weighted by Crippen LogP contribution is -1.94. The third-order valence-corrected chi connectivity index (χ3v) is 4.58. The minimum Gasteiger partial charge on any atom is -0.103 e. The first-order valence-electron chi connectivity index (χ1n) is 10.3. The summed E-state index contributed by atoms with van der Waals surface area (Å²) in [6.07, 6.45) is 21.7. The fourth-order valence-corrected chi connectivity index (χ4v) is 2.94. The summed E-state index contributed by atoms with van der Waals surface area (Å²) in [6, 6.07) is 0. The maximum absolute atomic E-state index is 3.36. The molecule has 0 aliphatic heterocycles. The summed E-state index contributed by atoms with van der Waals surface area (Å²) < 4.78 is 0. The van der Waals surface area contributed by atoms with Crippen molar-refractivity contribution in [3.05, 3.63) is 0 Å². The Kier molecular flexibility index (Phi) is 18.2. The van der Waals surface area contributed by atoms with Gasteiger partial charge in [0.05, 0.1) is 0 Å². The van der Waals surface area contributed by atoms with Gasteiger partial charge in [0, 0.05) is 12.8 Å². The van der Waals surface area contributed by atoms with Crippen LogP contribution in [-0.2, 0) is 0 Å². The second kappa shape index (κ2) is 18.6. The fraction of sp³-hybridized carbons (Fsp3) is 0.909. The highest BCUT2D eigenvalue weighted by Crippen LogP contribution is 2.17. The molecule has 0 saturated heterocycles. The Morgan fingerprint density at radius 1 is 0.545 bits per heavy atom. The molecule has 0 bridgehead atoms. The van der Waals surface area contributed by atoms with Crippen molar-refractivity contribution in [2.45, 2.75) is 124 Å². The minimum absolute atomic E-state index is 0.936. The van der Waals surface area contributed by atoms with E-state index >= 15 is 0 Å². The average Bonchev–Trinajstić information content (AvgIpc) is 2.52. The van der Waals surface area contributed by atoms with Crippen molar-refractivity contribution in [3.63, 3.8) is 0 Å². The van der Waals surface area contributed by atoms with Crippen LogP contribution < -0.4 is 0 Å². The van der Waals surface area contributed by atoms with E-state index in [2.05, 4.69) is 32.6 Å². The van der Waals surface area contributed by atoms with Gasteiger partial charge in [-0.2, -0.15) is 0 Å². The van der Waals surface area contributed by atoms with Gasteiger partial charge in [0.1, 0.15) is 0 Å². The van der Waals surface area contributed by atoms with E-state index < -0.39 is 0 Å². The lowest BCUT2D eigenvalue weighted by atomic mass is 9.96. The first-order chi connectivity index (χ1) is 10.8. The van der Waals surface area contributed by atoms with Crippen molar-refractivity contribution in [1.82, 2.24) is 0 Å². The predicted molar refractivity (Wildman–Crippen MR) is 102 cm³/mol. The minimum atomic E-state index is 0.936. The summed E-state index contributed by atoms with van der Waals surface area (Å²) in [5.74, 6) is 7.65. The highest BCUT2D eigenvalue weighted by molar-refractivity contribution is 4.98. The molecule has 1 atom stereocenters. The molecule has 0 fully saturated rings. The van der Waals surface area contributed by atoms with Gasteiger partial charge in [-0.25, -0.2) is 0 Å². The third-order valence-electron chi connectivity index (χ3n) is 4.58. The van der Waals surface area contributed by atoms with Crippen LogP contribution in [0.2, 0.25) is 0 Å². The Hall–Kier alpha value is -0.440. The standard InChI is InChI=1S/C22H42/c1-4-6-8-10-11-12-13-14-15-16-17-19-21-22(3)20-18-9-7-5-2/h22H,4-12,15-21H2,1-3H3. The third kappa shape index (κ3) is 17.6. The fourth-order valence-electron chi connectivity index (χ4n) is 2.94. The zero-order valence-corrected chi connectivity index (χ0v) is 15.9. The van der Waals surface area contributed by atoms with E-state index in [1.807, 2.05) is 0 Å². The molecule has 0 aliphatic carbocycles. The molecule has 0 heterocycles. The van der Waals surface area contributed by atoms with Crippen LogP contribution in [0.15, 0.2) is 0 Å². The first kappa shape index (κ1) is 21.6. The molecule has 0 saturated carbocycles. The Morgan fingerprint density at radius 2 is 0.955 bits per heavy atom. The molecule has 0 aliphatic rings. The molecule has 0 nitrogen and oxygen atoms in total. The van der Waals surface area contributed by atoms with Crippen molar-refractivity contribution in [3.8, 4) is 11.8 Å². The number of hydrogen-bond acceptors (Lipinski definition) is 0. The summed E-state index contributed by atoms with van der Waals surface area (Å²) >= 11 is 0. The van der Waals surface area contributed by atoms with Gasteiger partial charge >= 0.3 is 0 Å². The summed E-state index contributed by atoms with van der Waals surface area (Å²) in [4.78, 5) is 0. The van der Waals surface area contributed by atoms with Crippen LogP contribution in [0.4, 0.5) is 0 Å². The Bertz CT molecular complexity index is 255. The average molecular weight is 307 g/mol. The highest BCUT2D eigenvalue weighted by atomic mass is 14.1. The van der Waals surface area contributed by atoms with E-state index in [-0.39, 0.29) is 0 Å². The quantitative estimate of drug-likeness (QED) is 0.213. The van der Waals surface area contributed by atoms with E-state index in [1.165, 1.54) is 89.9 Å². The van der Waals surface area contributed by atoms with Crippen molar-refractivity contribution in [2.24, 2.45) is 5.92 Å². The molecule has 0 spiro atoms. The lowest BCUT2D eigenvalue weighted by Gasteiger charge is -2.10. The normalized spacial score (nSPS) is 12.0. The molecule has 0 aromatic rings. The molecule has 0 aromatic carbocycles. The second-order valence-corrected chi connectivity index (χ2v) is 7.07. The van der Waals surface area contributed by atoms with Crippen LogP contribution in [0.3, 0.4) is 0 Å².